The average Bonchev–Trinajstić information content (AvgIpc) is 3.20. The van der Waals surface area contributed by atoms with Crippen molar-refractivity contribution in [1.82, 2.24) is 19.3 Å². The maximum Gasteiger partial charge on any atom is 0.264 e. The van der Waals surface area contributed by atoms with Crippen molar-refractivity contribution in [3.05, 3.63) is 82.8 Å². The fourth-order valence-corrected chi connectivity index (χ4v) is 3.40. The van der Waals surface area contributed by atoms with E-state index in [0.717, 1.165) is 11.3 Å². The molecule has 0 aliphatic carbocycles. The zero-order valence-electron chi connectivity index (χ0n) is 17.3. The lowest BCUT2D eigenvalue weighted by atomic mass is 10.0. The number of halogens is 1. The van der Waals surface area contributed by atoms with Gasteiger partial charge in [0, 0.05) is 0 Å². The van der Waals surface area contributed by atoms with E-state index in [1.165, 1.54) is 33.9 Å². The number of aliphatic hydroxyl groups excluding tert-OH is 1. The van der Waals surface area contributed by atoms with Crippen LogP contribution in [0.5, 0.6) is 5.75 Å². The molecule has 2 aromatic heterocycles. The van der Waals surface area contributed by atoms with Crippen LogP contribution in [0.25, 0.3) is 16.7 Å². The molecule has 160 valence electrons. The quantitative estimate of drug-likeness (QED) is 0.494. The van der Waals surface area contributed by atoms with Crippen LogP contribution in [-0.4, -0.2) is 37.1 Å². The number of benzene rings is 2. The third kappa shape index (κ3) is 4.34. The summed E-state index contributed by atoms with van der Waals surface area (Å²) in [5.74, 6) is 0.654. The van der Waals surface area contributed by atoms with Crippen molar-refractivity contribution < 1.29 is 14.2 Å². The molecule has 0 saturated heterocycles. The highest BCUT2D eigenvalue weighted by molar-refractivity contribution is 5.74. The number of hydrogen-bond donors (Lipinski definition) is 1. The Bertz CT molecular complexity index is 1250. The second-order valence-corrected chi connectivity index (χ2v) is 7.63. The number of para-hydroxylation sites is 1. The molecule has 4 aromatic rings. The monoisotopic (exact) mass is 422 g/mol. The first-order valence-electron chi connectivity index (χ1n) is 10.0. The first-order chi connectivity index (χ1) is 14.9. The summed E-state index contributed by atoms with van der Waals surface area (Å²) >= 11 is 0. The molecule has 0 bridgehead atoms. The maximum atomic E-state index is 13.2. The molecule has 1 N–H and O–H groups in total. The van der Waals surface area contributed by atoms with Crippen LogP contribution in [0.1, 0.15) is 25.3 Å². The van der Waals surface area contributed by atoms with E-state index < -0.39 is 6.10 Å². The van der Waals surface area contributed by atoms with Crippen molar-refractivity contribution in [2.45, 2.75) is 32.4 Å². The van der Waals surface area contributed by atoms with E-state index in [1.807, 2.05) is 24.3 Å². The Hall–Kier alpha value is -3.52. The summed E-state index contributed by atoms with van der Waals surface area (Å²) in [6.45, 7) is 4.23. The highest BCUT2D eigenvalue weighted by Crippen LogP contribution is 2.26. The van der Waals surface area contributed by atoms with Crippen molar-refractivity contribution in [2.75, 3.05) is 6.61 Å². The normalized spacial score (nSPS) is 12.4. The molecule has 0 aliphatic rings. The van der Waals surface area contributed by atoms with Gasteiger partial charge in [-0.25, -0.2) is 14.1 Å². The molecule has 2 heterocycles. The number of rotatable bonds is 7. The van der Waals surface area contributed by atoms with Crippen molar-refractivity contribution in [3.63, 3.8) is 0 Å². The third-order valence-corrected chi connectivity index (χ3v) is 5.01. The highest BCUT2D eigenvalue weighted by Gasteiger charge is 2.15. The Morgan fingerprint density at radius 2 is 1.87 bits per heavy atom. The minimum atomic E-state index is -0.899. The average molecular weight is 422 g/mol. The predicted octanol–water partition coefficient (Wildman–Crippen LogP) is 3.28. The fourth-order valence-electron chi connectivity index (χ4n) is 3.40. The molecular weight excluding hydrogens is 399 g/mol. The summed E-state index contributed by atoms with van der Waals surface area (Å²) in [7, 11) is 0. The summed E-state index contributed by atoms with van der Waals surface area (Å²) < 4.78 is 21.8. The summed E-state index contributed by atoms with van der Waals surface area (Å²) in [6, 6.07) is 13.4. The van der Waals surface area contributed by atoms with Crippen LogP contribution in [0.2, 0.25) is 0 Å². The molecule has 2 aromatic carbocycles. The molecule has 8 heteroatoms. The van der Waals surface area contributed by atoms with E-state index in [2.05, 4.69) is 23.9 Å². The number of nitrogens with zero attached hydrogens (tertiary/aromatic N) is 4. The summed E-state index contributed by atoms with van der Waals surface area (Å²) in [5, 5.41) is 15.0. The van der Waals surface area contributed by atoms with Crippen LogP contribution in [-0.2, 0) is 6.54 Å². The summed E-state index contributed by atoms with van der Waals surface area (Å²) in [5.41, 5.74) is 1.70. The molecule has 31 heavy (non-hydrogen) atoms. The van der Waals surface area contributed by atoms with E-state index in [9.17, 15) is 14.3 Å². The van der Waals surface area contributed by atoms with Gasteiger partial charge in [0.2, 0.25) is 0 Å². The SMILES string of the molecule is CC(C)c1ccccc1OC[C@@H](O)Cn1cnc2c(cnn2-c2ccc(F)cc2)c1=O. The topological polar surface area (TPSA) is 82.2 Å². The van der Waals surface area contributed by atoms with Crippen molar-refractivity contribution in [2.24, 2.45) is 0 Å². The van der Waals surface area contributed by atoms with Crippen LogP contribution >= 0.6 is 0 Å². The first kappa shape index (κ1) is 20.7. The molecule has 4 rings (SSSR count). The van der Waals surface area contributed by atoms with Gasteiger partial charge >= 0.3 is 0 Å². The summed E-state index contributed by atoms with van der Waals surface area (Å²) in [4.78, 5) is 17.2. The van der Waals surface area contributed by atoms with Crippen molar-refractivity contribution >= 4 is 11.0 Å². The first-order valence-corrected chi connectivity index (χ1v) is 10.0. The number of ether oxygens (including phenoxy) is 1. The van der Waals surface area contributed by atoms with Gasteiger partial charge in [-0.15, -0.1) is 0 Å². The Morgan fingerprint density at radius 1 is 1.13 bits per heavy atom. The van der Waals surface area contributed by atoms with Gasteiger partial charge in [0.1, 0.15) is 36.0 Å². The van der Waals surface area contributed by atoms with E-state index in [0.29, 0.717) is 22.6 Å². The number of aliphatic hydroxyl groups is 1. The Morgan fingerprint density at radius 3 is 2.61 bits per heavy atom. The second-order valence-electron chi connectivity index (χ2n) is 7.63. The van der Waals surface area contributed by atoms with E-state index in [4.69, 9.17) is 4.74 Å². The minimum Gasteiger partial charge on any atom is -0.491 e. The van der Waals surface area contributed by atoms with Crippen LogP contribution in [0.15, 0.2) is 65.8 Å². The Kier molecular flexibility index (Phi) is 5.81. The van der Waals surface area contributed by atoms with Crippen LogP contribution < -0.4 is 10.3 Å². The van der Waals surface area contributed by atoms with Crippen LogP contribution in [0, 0.1) is 5.82 Å². The predicted molar refractivity (Wildman–Crippen MR) is 115 cm³/mol. The van der Waals surface area contributed by atoms with Gasteiger partial charge in [-0.2, -0.15) is 5.10 Å². The van der Waals surface area contributed by atoms with Gasteiger partial charge in [0.05, 0.1) is 18.4 Å². The smallest absolute Gasteiger partial charge is 0.264 e. The molecule has 0 fully saturated rings. The molecule has 0 amide bonds. The standard InChI is InChI=1S/C23H23FN4O3/c1-15(2)19-5-3-4-6-21(19)31-13-18(29)12-27-14-25-22-20(23(27)30)11-26-28(22)17-9-7-16(24)8-10-17/h3-11,14-15,18,29H,12-13H2,1-2H3/t18-/m0/s1. The lowest BCUT2D eigenvalue weighted by Gasteiger charge is -2.17. The molecule has 0 radical (unpaired) electrons. The van der Waals surface area contributed by atoms with Gasteiger partial charge in [-0.05, 0) is 41.8 Å². The van der Waals surface area contributed by atoms with Gasteiger partial charge in [0.25, 0.3) is 5.56 Å². The molecule has 0 aliphatic heterocycles. The van der Waals surface area contributed by atoms with Gasteiger partial charge in [-0.1, -0.05) is 32.0 Å². The van der Waals surface area contributed by atoms with Crippen LogP contribution in [0.3, 0.4) is 0 Å². The molecule has 1 atom stereocenters. The van der Waals surface area contributed by atoms with Gasteiger partial charge in [-0.3, -0.25) is 9.36 Å². The lowest BCUT2D eigenvalue weighted by molar-refractivity contribution is 0.0909. The zero-order chi connectivity index (χ0) is 22.0. The molecular formula is C23H23FN4O3. The fraction of sp³-hybridized carbons (Fsp3) is 0.261. The third-order valence-electron chi connectivity index (χ3n) is 5.01. The molecule has 0 spiro atoms. The molecule has 0 saturated carbocycles. The Balaban J connectivity index is 1.51. The van der Waals surface area contributed by atoms with Gasteiger partial charge in [0.15, 0.2) is 5.65 Å². The second kappa shape index (κ2) is 8.69. The number of aromatic nitrogens is 4. The minimum absolute atomic E-state index is 0.0351. The zero-order valence-corrected chi connectivity index (χ0v) is 17.3. The van der Waals surface area contributed by atoms with E-state index in [1.54, 1.807) is 12.1 Å². The maximum absolute atomic E-state index is 13.2. The van der Waals surface area contributed by atoms with Crippen molar-refractivity contribution in [3.8, 4) is 11.4 Å². The summed E-state index contributed by atoms with van der Waals surface area (Å²) in [6.07, 6.45) is 1.90. The van der Waals surface area contributed by atoms with Crippen LogP contribution in [0.4, 0.5) is 4.39 Å². The lowest BCUT2D eigenvalue weighted by Crippen LogP contribution is -2.30. The highest BCUT2D eigenvalue weighted by atomic mass is 19.1. The largest absolute Gasteiger partial charge is 0.491 e. The van der Waals surface area contributed by atoms with E-state index in [-0.39, 0.29) is 24.5 Å². The molecule has 7 nitrogen and oxygen atoms in total. The molecule has 0 unspecified atom stereocenters. The Labute approximate surface area is 178 Å². The van der Waals surface area contributed by atoms with E-state index >= 15 is 0 Å². The number of fused-ring (bicyclic) bond motifs is 1. The number of hydrogen-bond acceptors (Lipinski definition) is 5. The van der Waals surface area contributed by atoms with Crippen molar-refractivity contribution in [1.29, 1.82) is 0 Å². The van der Waals surface area contributed by atoms with Gasteiger partial charge < -0.3 is 9.84 Å².